The van der Waals surface area contributed by atoms with E-state index in [1.807, 2.05) is 60.7 Å². The molecule has 4 aromatic rings. The van der Waals surface area contributed by atoms with Gasteiger partial charge in [0.25, 0.3) is 5.91 Å². The maximum absolute atomic E-state index is 12.7. The molecule has 1 amide bonds. The van der Waals surface area contributed by atoms with Gasteiger partial charge in [-0.3, -0.25) is 4.79 Å². The second kappa shape index (κ2) is 8.87. The van der Waals surface area contributed by atoms with Crippen molar-refractivity contribution in [2.24, 2.45) is 5.92 Å². The predicted octanol–water partition coefficient (Wildman–Crippen LogP) is 5.64. The molecule has 1 aliphatic rings. The van der Waals surface area contributed by atoms with Crippen LogP contribution in [0.15, 0.2) is 72.8 Å². The smallest absolute Gasteiger partial charge is 0.262 e. The summed E-state index contributed by atoms with van der Waals surface area (Å²) >= 11 is 0. The van der Waals surface area contributed by atoms with Gasteiger partial charge in [-0.15, -0.1) is 0 Å². The second-order valence-corrected chi connectivity index (χ2v) is 8.55. The molecule has 0 radical (unpaired) electrons. The lowest BCUT2D eigenvalue weighted by atomic mass is 10.0. The molecule has 1 aliphatic heterocycles. The molecule has 1 atom stereocenters. The van der Waals surface area contributed by atoms with Crippen molar-refractivity contribution in [3.8, 4) is 5.75 Å². The summed E-state index contributed by atoms with van der Waals surface area (Å²) in [6.07, 6.45) is 2.46. The van der Waals surface area contributed by atoms with Crippen LogP contribution in [0.4, 0.5) is 11.5 Å². The Morgan fingerprint density at radius 2 is 1.84 bits per heavy atom. The number of carbonyl (C=O) groups is 1. The number of pyridine rings is 1. The number of amides is 1. The number of hydrogen-bond acceptors (Lipinski definition) is 4. The normalized spacial score (nSPS) is 16.3. The first-order valence-electron chi connectivity index (χ1n) is 11.2. The summed E-state index contributed by atoms with van der Waals surface area (Å²) in [4.78, 5) is 19.9. The van der Waals surface area contributed by atoms with E-state index in [0.717, 1.165) is 46.3 Å². The standard InChI is InChI=1S/C27H27N3O2/c1-19-7-6-16-30(17-19)25-15-14-21-10-5-13-24(27(21)29-25)32-18-26(31)28-23-12-4-9-20-8-2-3-11-22(20)23/h2-5,8-15,19H,6-7,16-18H2,1H3,(H,28,31). The minimum Gasteiger partial charge on any atom is -0.481 e. The van der Waals surface area contributed by atoms with Crippen molar-refractivity contribution in [2.45, 2.75) is 19.8 Å². The maximum Gasteiger partial charge on any atom is 0.262 e. The number of nitrogens with zero attached hydrogens (tertiary/aromatic N) is 2. The number of hydrogen-bond donors (Lipinski definition) is 1. The van der Waals surface area contributed by atoms with Crippen LogP contribution in [0.5, 0.6) is 5.75 Å². The summed E-state index contributed by atoms with van der Waals surface area (Å²) in [6, 6.07) is 23.9. The van der Waals surface area contributed by atoms with Gasteiger partial charge in [0.2, 0.25) is 0 Å². The predicted molar refractivity (Wildman–Crippen MR) is 130 cm³/mol. The number of fused-ring (bicyclic) bond motifs is 2. The molecule has 5 heteroatoms. The summed E-state index contributed by atoms with van der Waals surface area (Å²) in [6.45, 7) is 4.26. The van der Waals surface area contributed by atoms with Crippen molar-refractivity contribution in [2.75, 3.05) is 29.9 Å². The zero-order valence-electron chi connectivity index (χ0n) is 18.3. The first kappa shape index (κ1) is 20.3. The quantitative estimate of drug-likeness (QED) is 0.449. The molecule has 1 saturated heterocycles. The number of carbonyl (C=O) groups excluding carboxylic acids is 1. The highest BCUT2D eigenvalue weighted by Crippen LogP contribution is 2.29. The lowest BCUT2D eigenvalue weighted by Crippen LogP contribution is -2.34. The van der Waals surface area contributed by atoms with Crippen molar-refractivity contribution in [3.05, 3.63) is 72.8 Å². The molecule has 1 N–H and O–H groups in total. The topological polar surface area (TPSA) is 54.5 Å². The van der Waals surface area contributed by atoms with Crippen molar-refractivity contribution in [3.63, 3.8) is 0 Å². The number of ether oxygens (including phenoxy) is 1. The van der Waals surface area contributed by atoms with E-state index in [4.69, 9.17) is 9.72 Å². The minimum atomic E-state index is -0.195. The zero-order chi connectivity index (χ0) is 21.9. The van der Waals surface area contributed by atoms with Crippen molar-refractivity contribution < 1.29 is 9.53 Å². The molecule has 0 bridgehead atoms. The van der Waals surface area contributed by atoms with Gasteiger partial charge < -0.3 is 15.0 Å². The molecule has 0 aliphatic carbocycles. The number of para-hydroxylation sites is 1. The lowest BCUT2D eigenvalue weighted by Gasteiger charge is -2.32. The van der Waals surface area contributed by atoms with Crippen LogP contribution in [0.3, 0.4) is 0 Å². The third kappa shape index (κ3) is 4.24. The molecule has 0 spiro atoms. The SMILES string of the molecule is CC1CCCN(c2ccc3cccc(OCC(=O)Nc4cccc5ccccc45)c3n2)C1. The number of nitrogens with one attached hydrogen (secondary N) is 1. The Morgan fingerprint density at radius 3 is 2.75 bits per heavy atom. The molecule has 0 saturated carbocycles. The Bertz CT molecular complexity index is 1260. The molecule has 162 valence electrons. The molecule has 1 unspecified atom stereocenters. The average molecular weight is 426 g/mol. The largest absolute Gasteiger partial charge is 0.481 e. The molecular weight excluding hydrogens is 398 g/mol. The van der Waals surface area contributed by atoms with E-state index >= 15 is 0 Å². The fraction of sp³-hybridized carbons (Fsp3) is 0.259. The van der Waals surface area contributed by atoms with Gasteiger partial charge in [0.15, 0.2) is 6.61 Å². The molecule has 2 heterocycles. The van der Waals surface area contributed by atoms with Gasteiger partial charge in [-0.2, -0.15) is 0 Å². The molecule has 1 fully saturated rings. The Labute approximate surface area is 188 Å². The van der Waals surface area contributed by atoms with Crippen LogP contribution in [0.2, 0.25) is 0 Å². The van der Waals surface area contributed by atoms with E-state index in [0.29, 0.717) is 11.7 Å². The number of piperidine rings is 1. The molecule has 5 rings (SSSR count). The molecule has 3 aromatic carbocycles. The Balaban J connectivity index is 1.33. The summed E-state index contributed by atoms with van der Waals surface area (Å²) in [5.74, 6) is 2.08. The fourth-order valence-electron chi connectivity index (χ4n) is 4.46. The second-order valence-electron chi connectivity index (χ2n) is 8.55. The summed E-state index contributed by atoms with van der Waals surface area (Å²) in [5, 5.41) is 6.08. The van der Waals surface area contributed by atoms with E-state index in [1.54, 1.807) is 0 Å². The van der Waals surface area contributed by atoms with Gasteiger partial charge in [0.1, 0.15) is 17.1 Å². The third-order valence-corrected chi connectivity index (χ3v) is 6.07. The highest BCUT2D eigenvalue weighted by Gasteiger charge is 2.18. The Morgan fingerprint density at radius 1 is 1.03 bits per heavy atom. The van der Waals surface area contributed by atoms with E-state index in [-0.39, 0.29) is 12.5 Å². The number of aromatic nitrogens is 1. The van der Waals surface area contributed by atoms with E-state index in [2.05, 4.69) is 29.3 Å². The van der Waals surface area contributed by atoms with Crippen LogP contribution in [0.1, 0.15) is 19.8 Å². The van der Waals surface area contributed by atoms with Gasteiger partial charge >= 0.3 is 0 Å². The number of rotatable bonds is 5. The third-order valence-electron chi connectivity index (χ3n) is 6.07. The van der Waals surface area contributed by atoms with Crippen LogP contribution in [0, 0.1) is 5.92 Å². The average Bonchev–Trinajstić information content (AvgIpc) is 2.82. The Kier molecular flexibility index (Phi) is 5.63. The maximum atomic E-state index is 12.7. The van der Waals surface area contributed by atoms with Crippen LogP contribution < -0.4 is 15.0 Å². The monoisotopic (exact) mass is 425 g/mol. The van der Waals surface area contributed by atoms with Crippen molar-refractivity contribution >= 4 is 39.1 Å². The summed E-state index contributed by atoms with van der Waals surface area (Å²) in [5.41, 5.74) is 1.58. The van der Waals surface area contributed by atoms with Crippen LogP contribution in [0.25, 0.3) is 21.7 Å². The highest BCUT2D eigenvalue weighted by atomic mass is 16.5. The van der Waals surface area contributed by atoms with Crippen LogP contribution in [-0.2, 0) is 4.79 Å². The number of benzene rings is 3. The van der Waals surface area contributed by atoms with E-state index in [9.17, 15) is 4.79 Å². The fourth-order valence-corrected chi connectivity index (χ4v) is 4.46. The minimum absolute atomic E-state index is 0.0744. The Hall–Kier alpha value is -3.60. The van der Waals surface area contributed by atoms with Gasteiger partial charge in [0, 0.05) is 29.5 Å². The van der Waals surface area contributed by atoms with Crippen LogP contribution >= 0.6 is 0 Å². The van der Waals surface area contributed by atoms with E-state index < -0.39 is 0 Å². The highest BCUT2D eigenvalue weighted by molar-refractivity contribution is 6.02. The van der Waals surface area contributed by atoms with E-state index in [1.165, 1.54) is 12.8 Å². The first-order valence-corrected chi connectivity index (χ1v) is 11.2. The summed E-state index contributed by atoms with van der Waals surface area (Å²) < 4.78 is 5.94. The van der Waals surface area contributed by atoms with Gasteiger partial charge in [-0.1, -0.05) is 55.5 Å². The first-order chi connectivity index (χ1) is 15.7. The molecule has 5 nitrogen and oxygen atoms in total. The van der Waals surface area contributed by atoms with Crippen molar-refractivity contribution in [1.29, 1.82) is 0 Å². The van der Waals surface area contributed by atoms with Crippen LogP contribution in [-0.4, -0.2) is 30.6 Å². The molecular formula is C27H27N3O2. The van der Waals surface area contributed by atoms with Crippen molar-refractivity contribution in [1.82, 2.24) is 4.98 Å². The lowest BCUT2D eigenvalue weighted by molar-refractivity contribution is -0.118. The van der Waals surface area contributed by atoms with Gasteiger partial charge in [-0.05, 0) is 48.4 Å². The zero-order valence-corrected chi connectivity index (χ0v) is 18.3. The summed E-state index contributed by atoms with van der Waals surface area (Å²) in [7, 11) is 0. The molecule has 32 heavy (non-hydrogen) atoms. The molecule has 1 aromatic heterocycles. The number of anilines is 2. The van der Waals surface area contributed by atoms with Gasteiger partial charge in [0.05, 0.1) is 0 Å². The van der Waals surface area contributed by atoms with Gasteiger partial charge in [-0.25, -0.2) is 4.98 Å².